The molecule has 1 aliphatic carbocycles. The second-order valence-corrected chi connectivity index (χ2v) is 5.51. The normalized spacial score (nSPS) is 31.7. The van der Waals surface area contributed by atoms with Gasteiger partial charge in [-0.15, -0.1) is 0 Å². The van der Waals surface area contributed by atoms with Crippen LogP contribution in [-0.4, -0.2) is 22.9 Å². The smallest absolute Gasteiger partial charge is 0.302 e. The average molecular weight is 298 g/mol. The number of esters is 1. The van der Waals surface area contributed by atoms with E-state index < -0.39 is 0 Å². The van der Waals surface area contributed by atoms with Crippen molar-refractivity contribution in [1.29, 1.82) is 0 Å². The van der Waals surface area contributed by atoms with Crippen LogP contribution in [0.3, 0.4) is 0 Å². The molecule has 3 nitrogen and oxygen atoms in total. The second kappa shape index (κ2) is 5.19. The van der Waals surface area contributed by atoms with Gasteiger partial charge in [-0.2, -0.15) is 0 Å². The van der Waals surface area contributed by atoms with E-state index in [0.29, 0.717) is 0 Å². The molecule has 0 aliphatic heterocycles. The standard InChI is InChI=1S/C13H16BrNO2/c1-8(16)17-13-10(11(14)12(13)15)7-9-5-3-2-4-6-9/h2-6,10-13H,7,15H2,1H3. The van der Waals surface area contributed by atoms with Crippen LogP contribution in [0.5, 0.6) is 0 Å². The molecule has 0 amide bonds. The molecule has 4 unspecified atom stereocenters. The van der Waals surface area contributed by atoms with E-state index in [1.807, 2.05) is 18.2 Å². The number of halogens is 1. The Hall–Kier alpha value is -0.870. The van der Waals surface area contributed by atoms with E-state index in [0.717, 1.165) is 6.42 Å². The van der Waals surface area contributed by atoms with E-state index in [9.17, 15) is 4.79 Å². The summed E-state index contributed by atoms with van der Waals surface area (Å²) in [5.41, 5.74) is 7.18. The predicted octanol–water partition coefficient (Wildman–Crippen LogP) is 1.88. The summed E-state index contributed by atoms with van der Waals surface area (Å²) in [5.74, 6) is -0.000730. The monoisotopic (exact) mass is 297 g/mol. The first-order chi connectivity index (χ1) is 8.09. The van der Waals surface area contributed by atoms with Crippen molar-refractivity contribution in [3.8, 4) is 0 Å². The van der Waals surface area contributed by atoms with E-state index in [2.05, 4.69) is 28.1 Å². The number of rotatable bonds is 3. The van der Waals surface area contributed by atoms with E-state index in [4.69, 9.17) is 10.5 Å². The van der Waals surface area contributed by atoms with Crippen LogP contribution in [0.15, 0.2) is 30.3 Å². The zero-order chi connectivity index (χ0) is 12.4. The number of carbonyl (C=O) groups excluding carboxylic acids is 1. The van der Waals surface area contributed by atoms with Gasteiger partial charge >= 0.3 is 5.97 Å². The van der Waals surface area contributed by atoms with Crippen molar-refractivity contribution in [3.63, 3.8) is 0 Å². The molecule has 1 aromatic carbocycles. The Bertz CT molecular complexity index is 396. The van der Waals surface area contributed by atoms with Crippen LogP contribution in [0.25, 0.3) is 0 Å². The van der Waals surface area contributed by atoms with Crippen molar-refractivity contribution >= 4 is 21.9 Å². The van der Waals surface area contributed by atoms with Gasteiger partial charge < -0.3 is 10.5 Å². The lowest BCUT2D eigenvalue weighted by Gasteiger charge is -2.46. The largest absolute Gasteiger partial charge is 0.461 e. The minimum absolute atomic E-state index is 0.104. The van der Waals surface area contributed by atoms with E-state index in [1.165, 1.54) is 12.5 Å². The minimum Gasteiger partial charge on any atom is -0.461 e. The molecule has 0 radical (unpaired) electrons. The van der Waals surface area contributed by atoms with Gasteiger partial charge in [0, 0.05) is 17.7 Å². The zero-order valence-corrected chi connectivity index (χ0v) is 11.3. The summed E-state index contributed by atoms with van der Waals surface area (Å²) in [6.45, 7) is 1.42. The molecule has 0 aromatic heterocycles. The Morgan fingerprint density at radius 1 is 1.41 bits per heavy atom. The third kappa shape index (κ3) is 2.69. The van der Waals surface area contributed by atoms with Gasteiger partial charge in [0.1, 0.15) is 6.10 Å². The van der Waals surface area contributed by atoms with Crippen LogP contribution in [0, 0.1) is 5.92 Å². The van der Waals surface area contributed by atoms with Crippen LogP contribution in [-0.2, 0) is 16.0 Å². The third-order valence-electron chi connectivity index (χ3n) is 3.19. The van der Waals surface area contributed by atoms with Crippen molar-refractivity contribution in [1.82, 2.24) is 0 Å². The lowest BCUT2D eigenvalue weighted by molar-refractivity contribution is -0.156. The molecule has 0 bridgehead atoms. The number of alkyl halides is 1. The molecule has 17 heavy (non-hydrogen) atoms. The van der Waals surface area contributed by atoms with E-state index in [-0.39, 0.29) is 28.9 Å². The summed E-state index contributed by atoms with van der Waals surface area (Å²) in [6, 6.07) is 10.1. The maximum atomic E-state index is 11.0. The van der Waals surface area contributed by atoms with Gasteiger partial charge in [-0.3, -0.25) is 4.79 Å². The predicted molar refractivity (Wildman–Crippen MR) is 69.9 cm³/mol. The number of hydrogen-bond donors (Lipinski definition) is 1. The fourth-order valence-corrected chi connectivity index (χ4v) is 3.05. The molecule has 92 valence electrons. The minimum atomic E-state index is -0.261. The SMILES string of the molecule is CC(=O)OC1C(N)C(Br)C1Cc1ccccc1. The lowest BCUT2D eigenvalue weighted by atomic mass is 9.74. The highest BCUT2D eigenvalue weighted by Crippen LogP contribution is 2.38. The van der Waals surface area contributed by atoms with Crippen molar-refractivity contribution in [2.24, 2.45) is 11.7 Å². The Balaban J connectivity index is 2.02. The zero-order valence-electron chi connectivity index (χ0n) is 9.68. The first-order valence-electron chi connectivity index (χ1n) is 5.70. The van der Waals surface area contributed by atoms with Crippen molar-refractivity contribution in [2.45, 2.75) is 30.3 Å². The van der Waals surface area contributed by atoms with Crippen molar-refractivity contribution < 1.29 is 9.53 Å². The van der Waals surface area contributed by atoms with Crippen LogP contribution in [0.2, 0.25) is 0 Å². The van der Waals surface area contributed by atoms with Crippen LogP contribution in [0.1, 0.15) is 12.5 Å². The molecular weight excluding hydrogens is 282 g/mol. The number of ether oxygens (including phenoxy) is 1. The molecule has 0 spiro atoms. The summed E-state index contributed by atoms with van der Waals surface area (Å²) in [7, 11) is 0. The van der Waals surface area contributed by atoms with Gasteiger partial charge in [-0.1, -0.05) is 46.3 Å². The molecule has 1 aromatic rings. The van der Waals surface area contributed by atoms with Crippen molar-refractivity contribution in [3.05, 3.63) is 35.9 Å². The molecule has 1 aliphatic rings. The quantitative estimate of drug-likeness (QED) is 0.685. The van der Waals surface area contributed by atoms with Gasteiger partial charge in [0.25, 0.3) is 0 Å². The van der Waals surface area contributed by atoms with Gasteiger partial charge in [0.2, 0.25) is 0 Å². The molecule has 1 saturated carbocycles. The maximum Gasteiger partial charge on any atom is 0.302 e. The summed E-state index contributed by atoms with van der Waals surface area (Å²) >= 11 is 3.56. The van der Waals surface area contributed by atoms with Crippen LogP contribution >= 0.6 is 15.9 Å². The Morgan fingerprint density at radius 2 is 2.06 bits per heavy atom. The Morgan fingerprint density at radius 3 is 2.65 bits per heavy atom. The third-order valence-corrected chi connectivity index (χ3v) is 4.48. The maximum absolute atomic E-state index is 11.0. The molecule has 4 atom stereocenters. The van der Waals surface area contributed by atoms with Gasteiger partial charge in [-0.05, 0) is 12.0 Å². The summed E-state index contributed by atoms with van der Waals surface area (Å²) in [5, 5.41) is 0. The number of carbonyl (C=O) groups is 1. The highest BCUT2D eigenvalue weighted by Gasteiger charge is 2.49. The Kier molecular flexibility index (Phi) is 3.84. The topological polar surface area (TPSA) is 52.3 Å². The first-order valence-corrected chi connectivity index (χ1v) is 6.62. The summed E-state index contributed by atoms with van der Waals surface area (Å²) < 4.78 is 5.26. The highest BCUT2D eigenvalue weighted by atomic mass is 79.9. The summed E-state index contributed by atoms with van der Waals surface area (Å²) in [6.07, 6.45) is 0.708. The lowest BCUT2D eigenvalue weighted by Crippen LogP contribution is -2.63. The molecule has 4 heteroatoms. The van der Waals surface area contributed by atoms with Gasteiger partial charge in [-0.25, -0.2) is 0 Å². The molecule has 1 fully saturated rings. The Labute approximate surface area is 109 Å². The second-order valence-electron chi connectivity index (χ2n) is 4.45. The van der Waals surface area contributed by atoms with Crippen LogP contribution < -0.4 is 5.73 Å². The molecule has 2 rings (SSSR count). The highest BCUT2D eigenvalue weighted by molar-refractivity contribution is 9.09. The van der Waals surface area contributed by atoms with Crippen LogP contribution in [0.4, 0.5) is 0 Å². The number of benzene rings is 1. The van der Waals surface area contributed by atoms with Crippen molar-refractivity contribution in [2.75, 3.05) is 0 Å². The molecular formula is C13H16BrNO2. The van der Waals surface area contributed by atoms with Gasteiger partial charge in [0.05, 0.1) is 6.04 Å². The molecule has 2 N–H and O–H groups in total. The summed E-state index contributed by atoms with van der Waals surface area (Å²) in [4.78, 5) is 11.2. The number of hydrogen-bond acceptors (Lipinski definition) is 3. The van der Waals surface area contributed by atoms with Gasteiger partial charge in [0.15, 0.2) is 0 Å². The first kappa shape index (κ1) is 12.6. The van der Waals surface area contributed by atoms with E-state index >= 15 is 0 Å². The fourth-order valence-electron chi connectivity index (χ4n) is 2.26. The fraction of sp³-hybridized carbons (Fsp3) is 0.462. The molecule has 0 saturated heterocycles. The average Bonchev–Trinajstić information content (AvgIpc) is 2.34. The molecule has 0 heterocycles. The number of nitrogens with two attached hydrogens (primary N) is 1. The van der Waals surface area contributed by atoms with E-state index in [1.54, 1.807) is 0 Å².